The van der Waals surface area contributed by atoms with Gasteiger partial charge < -0.3 is 9.29 Å². The van der Waals surface area contributed by atoms with Gasteiger partial charge in [-0.3, -0.25) is 9.97 Å². The number of aryl methyl sites for hydroxylation is 1. The van der Waals surface area contributed by atoms with Gasteiger partial charge in [-0.25, -0.2) is 0 Å². The summed E-state index contributed by atoms with van der Waals surface area (Å²) in [6, 6.07) is 19.5. The fourth-order valence-electron chi connectivity index (χ4n) is 2.76. The maximum atomic E-state index is 12.7. The molecule has 4 aromatic rings. The Labute approximate surface area is 160 Å². The molecule has 0 aliphatic carbocycles. The van der Waals surface area contributed by atoms with E-state index in [1.54, 1.807) is 6.20 Å². The van der Waals surface area contributed by atoms with Crippen molar-refractivity contribution in [1.82, 2.24) is 15.0 Å². The Balaban J connectivity index is 1.48. The van der Waals surface area contributed by atoms with Crippen molar-refractivity contribution in [3.05, 3.63) is 83.7 Å². The molecule has 0 aliphatic heterocycles. The molecule has 1 N–H and O–H groups in total. The first kappa shape index (κ1) is 17.6. The van der Waals surface area contributed by atoms with Crippen molar-refractivity contribution in [2.24, 2.45) is 0 Å². The third kappa shape index (κ3) is 4.13. The van der Waals surface area contributed by atoms with E-state index in [4.69, 9.17) is 4.74 Å². The average Bonchev–Trinajstić information content (AvgIpc) is 3.13. The number of rotatable bonds is 6. The quantitative estimate of drug-likeness (QED) is 0.512. The Kier molecular flexibility index (Phi) is 5.09. The molecule has 136 valence electrons. The number of nitrogens with one attached hydrogen (secondary N) is 1. The number of imidazole rings is 1. The predicted molar refractivity (Wildman–Crippen MR) is 106 cm³/mol. The number of hydrogen-bond donors (Lipinski definition) is 1. The Morgan fingerprint density at radius 2 is 1.85 bits per heavy atom. The second-order valence-corrected chi connectivity index (χ2v) is 7.63. The van der Waals surface area contributed by atoms with Gasteiger partial charge in [-0.1, -0.05) is 42.5 Å². The molecule has 0 spiro atoms. The van der Waals surface area contributed by atoms with Crippen LogP contribution in [-0.4, -0.2) is 19.5 Å². The van der Waals surface area contributed by atoms with Crippen LogP contribution >= 0.6 is 0 Å². The number of fused-ring (bicyclic) bond motifs is 1. The molecular weight excluding hydrogens is 358 g/mol. The number of nitrogens with zero attached hydrogens (tertiary/aromatic N) is 2. The van der Waals surface area contributed by atoms with Crippen molar-refractivity contribution in [2.45, 2.75) is 24.4 Å². The largest absolute Gasteiger partial charge is 0.609 e. The minimum absolute atomic E-state index is 0.280. The number of aromatic nitrogens is 3. The number of para-hydroxylation sites is 2. The number of benzene rings is 2. The van der Waals surface area contributed by atoms with Crippen molar-refractivity contribution in [2.75, 3.05) is 0 Å². The molecule has 0 saturated carbocycles. The monoisotopic (exact) mass is 377 g/mol. The summed E-state index contributed by atoms with van der Waals surface area (Å²) in [5.41, 5.74) is 4.45. The highest BCUT2D eigenvalue weighted by Gasteiger charge is 2.18. The van der Waals surface area contributed by atoms with Gasteiger partial charge in [-0.2, -0.15) is 4.98 Å². The van der Waals surface area contributed by atoms with Crippen LogP contribution in [0.1, 0.15) is 16.8 Å². The lowest BCUT2D eigenvalue weighted by Crippen LogP contribution is -2.09. The molecule has 2 aromatic carbocycles. The first-order chi connectivity index (χ1) is 13.2. The third-order valence-corrected chi connectivity index (χ3v) is 5.39. The molecule has 1 unspecified atom stereocenters. The lowest BCUT2D eigenvalue weighted by molar-refractivity contribution is 0.303. The van der Waals surface area contributed by atoms with Crippen LogP contribution in [0.2, 0.25) is 0 Å². The van der Waals surface area contributed by atoms with Gasteiger partial charge >= 0.3 is 5.16 Å². The number of aromatic amines is 1. The molecule has 0 aliphatic rings. The Morgan fingerprint density at radius 3 is 2.67 bits per heavy atom. The molecular formula is C21H19N3O2S. The normalized spacial score (nSPS) is 12.2. The van der Waals surface area contributed by atoms with Crippen LogP contribution < -0.4 is 4.74 Å². The summed E-state index contributed by atoms with van der Waals surface area (Å²) in [6.45, 7) is 2.44. The van der Waals surface area contributed by atoms with Crippen LogP contribution in [0.5, 0.6) is 5.75 Å². The van der Waals surface area contributed by atoms with Gasteiger partial charge in [0.2, 0.25) is 0 Å². The summed E-state index contributed by atoms with van der Waals surface area (Å²) in [4.78, 5) is 11.9. The van der Waals surface area contributed by atoms with E-state index in [0.717, 1.165) is 27.9 Å². The van der Waals surface area contributed by atoms with Gasteiger partial charge in [-0.15, -0.1) is 0 Å². The molecule has 0 saturated heterocycles. The number of pyridine rings is 1. The highest BCUT2D eigenvalue weighted by molar-refractivity contribution is 7.90. The summed E-state index contributed by atoms with van der Waals surface area (Å²) in [5.74, 6) is 1.03. The van der Waals surface area contributed by atoms with E-state index in [-0.39, 0.29) is 5.75 Å². The minimum Gasteiger partial charge on any atom is -0.609 e. The predicted octanol–water partition coefficient (Wildman–Crippen LogP) is 4.15. The zero-order valence-electron chi connectivity index (χ0n) is 14.9. The van der Waals surface area contributed by atoms with Crippen LogP contribution in [0, 0.1) is 6.92 Å². The molecule has 2 heterocycles. The number of ether oxygens (including phenoxy) is 1. The lowest BCUT2D eigenvalue weighted by Gasteiger charge is -2.11. The Hall–Kier alpha value is -2.83. The van der Waals surface area contributed by atoms with Crippen LogP contribution in [-0.2, 0) is 23.5 Å². The molecule has 5 nitrogen and oxygen atoms in total. The standard InChI is InChI=1S/C21H19N3O2S/c1-15-12-22-17(11-20(15)26-13-16-7-3-2-4-8-16)14-27(25)21-23-18-9-5-6-10-19(18)24-21/h2-12H,13-14H2,1H3,(H,23,24). The first-order valence-electron chi connectivity index (χ1n) is 8.64. The van der Waals surface area contributed by atoms with E-state index in [0.29, 0.717) is 17.5 Å². The molecule has 0 fully saturated rings. The number of hydrogen-bond acceptors (Lipinski definition) is 4. The lowest BCUT2D eigenvalue weighted by atomic mass is 10.2. The van der Waals surface area contributed by atoms with Gasteiger partial charge in [0.1, 0.15) is 12.4 Å². The molecule has 6 heteroatoms. The summed E-state index contributed by atoms with van der Waals surface area (Å²) in [7, 11) is 0. The summed E-state index contributed by atoms with van der Waals surface area (Å²) in [5, 5.41) is 0.463. The molecule has 0 amide bonds. The maximum Gasteiger partial charge on any atom is 0.322 e. The van der Waals surface area contributed by atoms with E-state index >= 15 is 0 Å². The Bertz CT molecular complexity index is 1020. The summed E-state index contributed by atoms with van der Waals surface area (Å²) < 4.78 is 18.6. The van der Waals surface area contributed by atoms with E-state index in [2.05, 4.69) is 15.0 Å². The van der Waals surface area contributed by atoms with Gasteiger partial charge in [0, 0.05) is 29.0 Å². The van der Waals surface area contributed by atoms with Crippen LogP contribution in [0.4, 0.5) is 0 Å². The van der Waals surface area contributed by atoms with Crippen molar-refractivity contribution in [3.8, 4) is 5.75 Å². The molecule has 2 aromatic heterocycles. The SMILES string of the molecule is Cc1cnc(C[S+]([O-])c2nc3ccccc3[nH]2)cc1OCc1ccccc1. The van der Waals surface area contributed by atoms with Crippen LogP contribution in [0.3, 0.4) is 0 Å². The van der Waals surface area contributed by atoms with Crippen molar-refractivity contribution in [3.63, 3.8) is 0 Å². The minimum atomic E-state index is -1.31. The highest BCUT2D eigenvalue weighted by atomic mass is 32.2. The van der Waals surface area contributed by atoms with E-state index in [1.807, 2.05) is 67.6 Å². The first-order valence-corrected chi connectivity index (χ1v) is 9.96. The second-order valence-electron chi connectivity index (χ2n) is 6.26. The summed E-state index contributed by atoms with van der Waals surface area (Å²) in [6.07, 6.45) is 1.76. The van der Waals surface area contributed by atoms with Crippen LogP contribution in [0.25, 0.3) is 11.0 Å². The van der Waals surface area contributed by atoms with Crippen molar-refractivity contribution < 1.29 is 9.29 Å². The molecule has 1 atom stereocenters. The van der Waals surface area contributed by atoms with Crippen molar-refractivity contribution >= 4 is 22.2 Å². The second kappa shape index (κ2) is 7.82. The fourth-order valence-corrected chi connectivity index (χ4v) is 3.74. The summed E-state index contributed by atoms with van der Waals surface area (Å²) >= 11 is -1.31. The molecule has 0 radical (unpaired) electrons. The zero-order chi connectivity index (χ0) is 18.6. The molecule has 0 bridgehead atoms. The average molecular weight is 377 g/mol. The fraction of sp³-hybridized carbons (Fsp3) is 0.143. The van der Waals surface area contributed by atoms with E-state index in [1.165, 1.54) is 0 Å². The van der Waals surface area contributed by atoms with E-state index in [9.17, 15) is 4.55 Å². The topological polar surface area (TPSA) is 73.9 Å². The zero-order valence-corrected chi connectivity index (χ0v) is 15.7. The molecule has 27 heavy (non-hydrogen) atoms. The van der Waals surface area contributed by atoms with Crippen LogP contribution in [0.15, 0.2) is 72.0 Å². The number of H-pyrrole nitrogens is 1. The maximum absolute atomic E-state index is 12.7. The molecule has 4 rings (SSSR count). The van der Waals surface area contributed by atoms with Crippen molar-refractivity contribution in [1.29, 1.82) is 0 Å². The third-order valence-electron chi connectivity index (χ3n) is 4.21. The Morgan fingerprint density at radius 1 is 1.07 bits per heavy atom. The van der Waals surface area contributed by atoms with E-state index < -0.39 is 11.2 Å². The highest BCUT2D eigenvalue weighted by Crippen LogP contribution is 2.22. The smallest absolute Gasteiger partial charge is 0.322 e. The van der Waals surface area contributed by atoms with Gasteiger partial charge in [-0.05, 0) is 24.6 Å². The van der Waals surface area contributed by atoms with Gasteiger partial charge in [0.25, 0.3) is 0 Å². The van der Waals surface area contributed by atoms with Gasteiger partial charge in [0.05, 0.1) is 16.7 Å². The van der Waals surface area contributed by atoms with Gasteiger partial charge in [0.15, 0.2) is 5.75 Å².